The van der Waals surface area contributed by atoms with Gasteiger partial charge in [0.05, 0.1) is 11.1 Å². The van der Waals surface area contributed by atoms with Crippen molar-refractivity contribution in [2.45, 2.75) is 5.16 Å². The average Bonchev–Trinajstić information content (AvgIpc) is 3.37. The zero-order valence-corrected chi connectivity index (χ0v) is 17.6. The van der Waals surface area contributed by atoms with Crippen molar-refractivity contribution in [1.82, 2.24) is 19.6 Å². The van der Waals surface area contributed by atoms with Crippen LogP contribution in [0.25, 0.3) is 27.0 Å². The van der Waals surface area contributed by atoms with Crippen LogP contribution in [0.5, 0.6) is 0 Å². The van der Waals surface area contributed by atoms with E-state index in [0.29, 0.717) is 21.4 Å². The lowest BCUT2D eigenvalue weighted by atomic mass is 10.1. The molecule has 0 aliphatic rings. The van der Waals surface area contributed by atoms with E-state index in [1.54, 1.807) is 10.7 Å². The van der Waals surface area contributed by atoms with Crippen molar-refractivity contribution in [2.24, 2.45) is 0 Å². The molecule has 0 atom stereocenters. The quantitative estimate of drug-likeness (QED) is 0.249. The molecular weight excluding hydrogens is 443 g/mol. The van der Waals surface area contributed by atoms with Gasteiger partial charge in [0.15, 0.2) is 16.6 Å². The summed E-state index contributed by atoms with van der Waals surface area (Å²) in [4.78, 5) is 17.8. The van der Waals surface area contributed by atoms with Gasteiger partial charge in [-0.3, -0.25) is 9.20 Å². The molecule has 3 heterocycles. The van der Waals surface area contributed by atoms with Crippen LogP contribution in [-0.2, 0) is 0 Å². The van der Waals surface area contributed by atoms with Gasteiger partial charge in [-0.15, -0.1) is 21.5 Å². The molecule has 5 rings (SSSR count). The van der Waals surface area contributed by atoms with Crippen molar-refractivity contribution in [2.75, 3.05) is 5.75 Å². The van der Waals surface area contributed by atoms with Gasteiger partial charge in [0.25, 0.3) is 0 Å². The maximum atomic E-state index is 13.1. The van der Waals surface area contributed by atoms with Crippen LogP contribution in [0.1, 0.15) is 10.4 Å². The number of carbonyl (C=O) groups is 1. The van der Waals surface area contributed by atoms with Gasteiger partial charge in [-0.05, 0) is 42.0 Å². The van der Waals surface area contributed by atoms with Crippen molar-refractivity contribution in [1.29, 1.82) is 0 Å². The third-order valence-electron chi connectivity index (χ3n) is 4.60. The Kier molecular flexibility index (Phi) is 4.98. The highest BCUT2D eigenvalue weighted by Gasteiger charge is 2.17. The van der Waals surface area contributed by atoms with Crippen LogP contribution in [0.2, 0.25) is 5.02 Å². The molecule has 3 aromatic heterocycles. The zero-order valence-electron chi connectivity index (χ0n) is 15.3. The van der Waals surface area contributed by atoms with Gasteiger partial charge in [-0.1, -0.05) is 35.5 Å². The summed E-state index contributed by atoms with van der Waals surface area (Å²) in [6, 6.07) is 13.1. The average molecular weight is 455 g/mol. The van der Waals surface area contributed by atoms with Gasteiger partial charge in [0, 0.05) is 21.5 Å². The minimum Gasteiger partial charge on any atom is -0.293 e. The highest BCUT2D eigenvalue weighted by atomic mass is 35.5. The summed E-state index contributed by atoms with van der Waals surface area (Å²) in [5.41, 5.74) is 3.17. The summed E-state index contributed by atoms with van der Waals surface area (Å²) in [5, 5.41) is 12.8. The van der Waals surface area contributed by atoms with E-state index in [2.05, 4.69) is 15.2 Å². The van der Waals surface area contributed by atoms with E-state index in [4.69, 9.17) is 11.6 Å². The third-order valence-corrected chi connectivity index (χ3v) is 6.69. The molecule has 0 radical (unpaired) electrons. The maximum Gasteiger partial charge on any atom is 0.197 e. The highest BCUT2D eigenvalue weighted by Crippen LogP contribution is 2.36. The maximum absolute atomic E-state index is 13.1. The number of rotatable bonds is 5. The summed E-state index contributed by atoms with van der Waals surface area (Å²) >= 11 is 8.82. The summed E-state index contributed by atoms with van der Waals surface area (Å²) in [5.74, 6) is -0.314. The van der Waals surface area contributed by atoms with Crippen LogP contribution in [0.15, 0.2) is 65.4 Å². The second kappa shape index (κ2) is 7.79. The molecule has 30 heavy (non-hydrogen) atoms. The van der Waals surface area contributed by atoms with Gasteiger partial charge < -0.3 is 0 Å². The van der Waals surface area contributed by atoms with Crippen LogP contribution in [0.4, 0.5) is 4.39 Å². The normalized spacial score (nSPS) is 11.4. The van der Waals surface area contributed by atoms with E-state index in [0.717, 1.165) is 21.3 Å². The van der Waals surface area contributed by atoms with Crippen LogP contribution in [-0.4, -0.2) is 31.1 Å². The lowest BCUT2D eigenvalue weighted by molar-refractivity contribution is 0.102. The fourth-order valence-electron chi connectivity index (χ4n) is 3.11. The monoisotopic (exact) mass is 454 g/mol. The van der Waals surface area contributed by atoms with Gasteiger partial charge >= 0.3 is 0 Å². The molecule has 0 spiro atoms. The number of thiophene rings is 1. The van der Waals surface area contributed by atoms with Crippen molar-refractivity contribution in [3.63, 3.8) is 0 Å². The summed E-state index contributed by atoms with van der Waals surface area (Å²) in [6.07, 6.45) is 1.67. The SMILES string of the molecule is O=C(CSc1nnc2c3c(-c4ccc(Cl)cc4)csc3ncn12)c1ccc(F)cc1. The molecule has 0 fully saturated rings. The van der Waals surface area contributed by atoms with Crippen LogP contribution >= 0.6 is 34.7 Å². The van der Waals surface area contributed by atoms with E-state index >= 15 is 0 Å². The number of aromatic nitrogens is 4. The fourth-order valence-corrected chi connectivity index (χ4v) is 4.94. The molecule has 0 bridgehead atoms. The molecule has 148 valence electrons. The molecule has 0 aliphatic heterocycles. The van der Waals surface area contributed by atoms with Gasteiger partial charge in [0.2, 0.25) is 0 Å². The van der Waals surface area contributed by atoms with Gasteiger partial charge in [0.1, 0.15) is 17.0 Å². The van der Waals surface area contributed by atoms with E-state index < -0.39 is 0 Å². The largest absolute Gasteiger partial charge is 0.293 e. The number of benzene rings is 2. The second-order valence-electron chi connectivity index (χ2n) is 6.48. The van der Waals surface area contributed by atoms with Crippen LogP contribution in [0.3, 0.4) is 0 Å². The van der Waals surface area contributed by atoms with Crippen molar-refractivity contribution >= 4 is 56.3 Å². The first-order chi connectivity index (χ1) is 14.6. The molecule has 0 unspecified atom stereocenters. The van der Waals surface area contributed by atoms with E-state index in [1.807, 2.05) is 29.6 Å². The molecule has 0 aliphatic carbocycles. The first kappa shape index (κ1) is 19.2. The first-order valence-electron chi connectivity index (χ1n) is 8.88. The number of nitrogens with zero attached hydrogens (tertiary/aromatic N) is 4. The molecule has 0 saturated heterocycles. The second-order valence-corrected chi connectivity index (χ2v) is 8.71. The van der Waals surface area contributed by atoms with Crippen molar-refractivity contribution in [3.05, 3.63) is 76.6 Å². The standard InChI is InChI=1S/C21H12ClFN4OS2/c22-14-5-1-12(2-6-14)16-9-29-20-18(16)19-25-26-21(27(19)11-24-20)30-10-17(28)13-3-7-15(23)8-4-13/h1-9,11H,10H2. The molecular formula is C21H12ClFN4OS2. The molecule has 0 N–H and O–H groups in total. The van der Waals surface area contributed by atoms with E-state index in [-0.39, 0.29) is 17.4 Å². The molecule has 5 nitrogen and oxygen atoms in total. The molecule has 0 saturated carbocycles. The fraction of sp³-hybridized carbons (Fsp3) is 0.0476. The lowest BCUT2D eigenvalue weighted by Crippen LogP contribution is -2.03. The molecule has 2 aromatic carbocycles. The Morgan fingerprint density at radius 2 is 1.87 bits per heavy atom. The number of halogens is 2. The minimum atomic E-state index is -0.370. The number of carbonyl (C=O) groups excluding carboxylic acids is 1. The first-order valence-corrected chi connectivity index (χ1v) is 11.1. The van der Waals surface area contributed by atoms with Gasteiger partial charge in [-0.2, -0.15) is 0 Å². The van der Waals surface area contributed by atoms with E-state index in [1.165, 1.54) is 47.4 Å². The number of ketones is 1. The Labute approximate surface area is 183 Å². The van der Waals surface area contributed by atoms with E-state index in [9.17, 15) is 9.18 Å². The number of thioether (sulfide) groups is 1. The molecule has 5 aromatic rings. The number of hydrogen-bond acceptors (Lipinski definition) is 6. The topological polar surface area (TPSA) is 60.2 Å². The lowest BCUT2D eigenvalue weighted by Gasteiger charge is -2.03. The third kappa shape index (κ3) is 3.47. The Balaban J connectivity index is 1.48. The predicted octanol–water partition coefficient (Wildman–Crippen LogP) is 5.77. The number of hydrogen-bond donors (Lipinski definition) is 0. The summed E-state index contributed by atoms with van der Waals surface area (Å²) in [6.45, 7) is 0. The van der Waals surface area contributed by atoms with Crippen molar-refractivity contribution < 1.29 is 9.18 Å². The minimum absolute atomic E-state index is 0.108. The molecule has 0 amide bonds. The smallest absolute Gasteiger partial charge is 0.197 e. The summed E-state index contributed by atoms with van der Waals surface area (Å²) < 4.78 is 14.8. The van der Waals surface area contributed by atoms with Crippen LogP contribution < -0.4 is 0 Å². The predicted molar refractivity (Wildman–Crippen MR) is 118 cm³/mol. The Bertz CT molecular complexity index is 1380. The Morgan fingerprint density at radius 3 is 2.63 bits per heavy atom. The Morgan fingerprint density at radius 1 is 1.10 bits per heavy atom. The van der Waals surface area contributed by atoms with Gasteiger partial charge in [-0.25, -0.2) is 9.37 Å². The highest BCUT2D eigenvalue weighted by molar-refractivity contribution is 7.99. The van der Waals surface area contributed by atoms with Crippen molar-refractivity contribution in [3.8, 4) is 11.1 Å². The molecule has 9 heteroatoms. The number of Topliss-reactive ketones (excluding diaryl/α,β-unsaturated/α-hetero) is 1. The zero-order chi connectivity index (χ0) is 20.7. The number of fused-ring (bicyclic) bond motifs is 3. The Hall–Kier alpha value is -2.81. The summed E-state index contributed by atoms with van der Waals surface area (Å²) in [7, 11) is 0. The van der Waals surface area contributed by atoms with Crippen LogP contribution in [0, 0.1) is 5.82 Å².